The van der Waals surface area contributed by atoms with Crippen molar-refractivity contribution >= 4 is 0 Å². The van der Waals surface area contributed by atoms with Crippen molar-refractivity contribution in [2.24, 2.45) is 16.9 Å². The Labute approximate surface area is 85.4 Å². The Morgan fingerprint density at radius 3 is 2.79 bits per heavy atom. The molecule has 0 amide bonds. The molecule has 76 valence electrons. The Hall–Kier alpha value is -1.02. The van der Waals surface area contributed by atoms with Crippen molar-refractivity contribution in [2.75, 3.05) is 0 Å². The van der Waals surface area contributed by atoms with Gasteiger partial charge in [-0.15, -0.1) is 0 Å². The highest BCUT2D eigenvalue weighted by Crippen LogP contribution is 2.36. The normalized spacial score (nSPS) is 29.9. The van der Waals surface area contributed by atoms with E-state index in [1.165, 1.54) is 11.1 Å². The van der Waals surface area contributed by atoms with Crippen LogP contribution in [0.5, 0.6) is 0 Å². The summed E-state index contributed by atoms with van der Waals surface area (Å²) in [5.41, 5.74) is 15.5. The van der Waals surface area contributed by atoms with Crippen LogP contribution in [0.2, 0.25) is 0 Å². The van der Waals surface area contributed by atoms with E-state index >= 15 is 0 Å². The molecular formula is C12H18N2. The molecule has 1 unspecified atom stereocenters. The third-order valence-electron chi connectivity index (χ3n) is 2.90. The molecule has 0 radical (unpaired) electrons. The minimum Gasteiger partial charge on any atom is -0.399 e. The molecule has 2 rings (SSSR count). The van der Waals surface area contributed by atoms with Crippen LogP contribution < -0.4 is 11.5 Å². The van der Waals surface area contributed by atoms with Gasteiger partial charge in [-0.05, 0) is 30.1 Å². The Balaban J connectivity index is 2.48. The molecule has 1 atom stereocenters. The zero-order chi connectivity index (χ0) is 10.3. The SMILES string of the molecule is CC1(C)C=C(N)C=C2C(=C1)CCC2N. The highest BCUT2D eigenvalue weighted by Gasteiger charge is 2.26. The third-order valence-corrected chi connectivity index (χ3v) is 2.90. The first-order chi connectivity index (χ1) is 6.48. The lowest BCUT2D eigenvalue weighted by Crippen LogP contribution is -2.17. The molecule has 14 heavy (non-hydrogen) atoms. The van der Waals surface area contributed by atoms with E-state index < -0.39 is 0 Å². The van der Waals surface area contributed by atoms with Crippen LogP contribution in [0.25, 0.3) is 0 Å². The average Bonchev–Trinajstić information content (AvgIpc) is 2.31. The van der Waals surface area contributed by atoms with Gasteiger partial charge in [0.2, 0.25) is 0 Å². The largest absolute Gasteiger partial charge is 0.399 e. The Bertz CT molecular complexity index is 345. The number of hydrogen-bond acceptors (Lipinski definition) is 2. The fourth-order valence-electron chi connectivity index (χ4n) is 2.35. The summed E-state index contributed by atoms with van der Waals surface area (Å²) >= 11 is 0. The maximum atomic E-state index is 6.02. The summed E-state index contributed by atoms with van der Waals surface area (Å²) < 4.78 is 0. The van der Waals surface area contributed by atoms with Crippen molar-refractivity contribution in [3.63, 3.8) is 0 Å². The molecule has 0 aromatic carbocycles. The molecule has 0 bridgehead atoms. The summed E-state index contributed by atoms with van der Waals surface area (Å²) in [4.78, 5) is 0. The minimum absolute atomic E-state index is 0.0573. The maximum absolute atomic E-state index is 6.02. The molecule has 0 spiro atoms. The van der Waals surface area contributed by atoms with Crippen LogP contribution in [0.3, 0.4) is 0 Å². The van der Waals surface area contributed by atoms with Gasteiger partial charge in [-0.25, -0.2) is 0 Å². The van der Waals surface area contributed by atoms with Gasteiger partial charge in [0.05, 0.1) is 0 Å². The van der Waals surface area contributed by atoms with Crippen LogP contribution in [0, 0.1) is 5.41 Å². The molecule has 0 saturated heterocycles. The first kappa shape index (κ1) is 9.53. The summed E-state index contributed by atoms with van der Waals surface area (Å²) in [7, 11) is 0. The number of allylic oxidation sites excluding steroid dienone is 3. The minimum atomic E-state index is 0.0573. The standard InChI is InChI=1S/C12H18N2/c1-12(2)6-8-3-4-11(14)10(8)5-9(13)7-12/h5-7,11H,3-4,13-14H2,1-2H3. The van der Waals surface area contributed by atoms with E-state index in [4.69, 9.17) is 11.5 Å². The lowest BCUT2D eigenvalue weighted by Gasteiger charge is -2.15. The van der Waals surface area contributed by atoms with Gasteiger partial charge in [0, 0.05) is 17.2 Å². The summed E-state index contributed by atoms with van der Waals surface area (Å²) in [5.74, 6) is 0. The van der Waals surface area contributed by atoms with E-state index in [1.54, 1.807) is 0 Å². The number of fused-ring (bicyclic) bond motifs is 1. The summed E-state index contributed by atoms with van der Waals surface area (Å²) in [6, 6.07) is 0.182. The van der Waals surface area contributed by atoms with Crippen LogP contribution in [0.15, 0.2) is 35.1 Å². The van der Waals surface area contributed by atoms with Gasteiger partial charge in [-0.2, -0.15) is 0 Å². The first-order valence-corrected chi connectivity index (χ1v) is 5.15. The predicted octanol–water partition coefficient (Wildman–Crippen LogP) is 1.84. The second-order valence-corrected chi connectivity index (χ2v) is 4.88. The molecule has 0 aliphatic heterocycles. The lowest BCUT2D eigenvalue weighted by molar-refractivity contribution is 0.617. The highest BCUT2D eigenvalue weighted by atomic mass is 14.7. The second kappa shape index (κ2) is 2.99. The molecule has 1 fully saturated rings. The molecule has 2 heteroatoms. The number of hydrogen-bond donors (Lipinski definition) is 2. The van der Waals surface area contributed by atoms with Gasteiger partial charge in [0.1, 0.15) is 0 Å². The zero-order valence-electron chi connectivity index (χ0n) is 8.88. The van der Waals surface area contributed by atoms with Gasteiger partial charge in [0.25, 0.3) is 0 Å². The van der Waals surface area contributed by atoms with E-state index in [9.17, 15) is 0 Å². The van der Waals surface area contributed by atoms with Crippen LogP contribution in [-0.4, -0.2) is 6.04 Å². The van der Waals surface area contributed by atoms with Crippen molar-refractivity contribution in [2.45, 2.75) is 32.7 Å². The summed E-state index contributed by atoms with van der Waals surface area (Å²) in [5, 5.41) is 0. The Morgan fingerprint density at radius 2 is 2.07 bits per heavy atom. The molecule has 0 aromatic heterocycles. The number of rotatable bonds is 0. The van der Waals surface area contributed by atoms with Crippen molar-refractivity contribution in [1.82, 2.24) is 0 Å². The van der Waals surface area contributed by atoms with Gasteiger partial charge in [0.15, 0.2) is 0 Å². The number of nitrogens with two attached hydrogens (primary N) is 2. The van der Waals surface area contributed by atoms with Crippen LogP contribution in [0.4, 0.5) is 0 Å². The molecular weight excluding hydrogens is 172 g/mol. The van der Waals surface area contributed by atoms with Gasteiger partial charge in [-0.3, -0.25) is 0 Å². The molecule has 4 N–H and O–H groups in total. The molecule has 0 aromatic rings. The molecule has 2 nitrogen and oxygen atoms in total. The van der Waals surface area contributed by atoms with E-state index in [1.807, 2.05) is 6.08 Å². The fraction of sp³-hybridized carbons (Fsp3) is 0.500. The molecule has 2 aliphatic carbocycles. The van der Waals surface area contributed by atoms with Gasteiger partial charge in [-0.1, -0.05) is 26.0 Å². The van der Waals surface area contributed by atoms with Crippen molar-refractivity contribution in [1.29, 1.82) is 0 Å². The monoisotopic (exact) mass is 190 g/mol. The lowest BCUT2D eigenvalue weighted by atomic mass is 9.90. The third kappa shape index (κ3) is 1.62. The average molecular weight is 190 g/mol. The zero-order valence-corrected chi connectivity index (χ0v) is 8.88. The van der Waals surface area contributed by atoms with E-state index in [0.717, 1.165) is 18.5 Å². The second-order valence-electron chi connectivity index (χ2n) is 4.88. The summed E-state index contributed by atoms with van der Waals surface area (Å²) in [6.45, 7) is 4.35. The Morgan fingerprint density at radius 1 is 1.36 bits per heavy atom. The van der Waals surface area contributed by atoms with E-state index in [0.29, 0.717) is 0 Å². The van der Waals surface area contributed by atoms with Crippen molar-refractivity contribution in [3.05, 3.63) is 35.1 Å². The molecule has 2 aliphatic rings. The topological polar surface area (TPSA) is 52.0 Å². The highest BCUT2D eigenvalue weighted by molar-refractivity contribution is 5.47. The van der Waals surface area contributed by atoms with Crippen LogP contribution in [-0.2, 0) is 0 Å². The van der Waals surface area contributed by atoms with E-state index in [2.05, 4.69) is 26.0 Å². The van der Waals surface area contributed by atoms with Crippen molar-refractivity contribution < 1.29 is 0 Å². The fourth-order valence-corrected chi connectivity index (χ4v) is 2.35. The molecule has 1 saturated carbocycles. The van der Waals surface area contributed by atoms with Crippen LogP contribution in [0.1, 0.15) is 26.7 Å². The van der Waals surface area contributed by atoms with Crippen LogP contribution >= 0.6 is 0 Å². The Kier molecular flexibility index (Phi) is 2.04. The summed E-state index contributed by atoms with van der Waals surface area (Å²) in [6.07, 6.45) is 8.58. The first-order valence-electron chi connectivity index (χ1n) is 5.15. The van der Waals surface area contributed by atoms with Crippen molar-refractivity contribution in [3.8, 4) is 0 Å². The quantitative estimate of drug-likeness (QED) is 0.612. The van der Waals surface area contributed by atoms with E-state index in [-0.39, 0.29) is 11.5 Å². The maximum Gasteiger partial charge on any atom is 0.0301 e. The predicted molar refractivity (Wildman–Crippen MR) is 59.4 cm³/mol. The van der Waals surface area contributed by atoms with Gasteiger partial charge < -0.3 is 11.5 Å². The smallest absolute Gasteiger partial charge is 0.0301 e. The van der Waals surface area contributed by atoms with Gasteiger partial charge >= 0.3 is 0 Å². The molecule has 0 heterocycles.